The molecule has 160 valence electrons. The maximum absolute atomic E-state index is 13.0. The molecular weight excluding hydrogens is 402 g/mol. The Bertz CT molecular complexity index is 784. The molecule has 0 aromatic carbocycles. The molecule has 11 heteroatoms. The summed E-state index contributed by atoms with van der Waals surface area (Å²) in [6.45, 7) is 8.65. The van der Waals surface area contributed by atoms with Gasteiger partial charge in [-0.15, -0.1) is 11.3 Å². The average molecular weight is 427 g/mol. The molecule has 1 aromatic rings. The summed E-state index contributed by atoms with van der Waals surface area (Å²) in [5.41, 5.74) is 0. The van der Waals surface area contributed by atoms with Gasteiger partial charge in [0.1, 0.15) is 24.4 Å². The minimum absolute atomic E-state index is 0.385. The first-order chi connectivity index (χ1) is 13.5. The minimum atomic E-state index is -1.02. The molecule has 0 spiro atoms. The van der Waals surface area contributed by atoms with E-state index in [-0.39, 0.29) is 5.91 Å². The van der Waals surface area contributed by atoms with Crippen molar-refractivity contribution in [3.8, 4) is 0 Å². The molecule has 2 N–H and O–H groups in total. The number of carbonyl (C=O) groups is 2. The number of hydrogen-bond acceptors (Lipinski definition) is 9. The molecule has 1 aromatic heterocycles. The standard InChI is InChI=1S/C18H25N3O7S/c1-8(13(22)21-16-19-6-7-29-16)20-14(23)11-9-10(26-17(2,3)25-9)12-15(24-11)28-18(4,5)27-12/h6-12,15H,1-5H3,(H,20,23)(H,19,21,22)/t8-,9-,10-,11+,12+,15+/m0/s1. The summed E-state index contributed by atoms with van der Waals surface area (Å²) in [6, 6.07) is -0.807. The largest absolute Gasteiger partial charge is 0.342 e. The van der Waals surface area contributed by atoms with Crippen LogP contribution >= 0.6 is 11.3 Å². The first-order valence-corrected chi connectivity index (χ1v) is 10.3. The minimum Gasteiger partial charge on any atom is -0.342 e. The average Bonchev–Trinajstić information content (AvgIpc) is 3.29. The van der Waals surface area contributed by atoms with Gasteiger partial charge >= 0.3 is 0 Å². The van der Waals surface area contributed by atoms with E-state index in [0.717, 1.165) is 0 Å². The van der Waals surface area contributed by atoms with E-state index in [9.17, 15) is 9.59 Å². The van der Waals surface area contributed by atoms with Crippen LogP contribution < -0.4 is 10.6 Å². The Kier molecular flexibility index (Phi) is 5.16. The van der Waals surface area contributed by atoms with E-state index in [1.165, 1.54) is 11.3 Å². The van der Waals surface area contributed by atoms with Gasteiger partial charge in [0.25, 0.3) is 5.91 Å². The van der Waals surface area contributed by atoms with Crippen LogP contribution in [0.4, 0.5) is 5.13 Å². The van der Waals surface area contributed by atoms with Crippen molar-refractivity contribution in [1.82, 2.24) is 10.3 Å². The molecule has 0 unspecified atom stereocenters. The van der Waals surface area contributed by atoms with Gasteiger partial charge in [0.2, 0.25) is 5.91 Å². The smallest absolute Gasteiger partial charge is 0.252 e. The zero-order valence-electron chi connectivity index (χ0n) is 16.8. The van der Waals surface area contributed by atoms with Crippen LogP contribution in [0, 0.1) is 0 Å². The Morgan fingerprint density at radius 2 is 1.72 bits per heavy atom. The molecular formula is C18H25N3O7S. The van der Waals surface area contributed by atoms with Crippen molar-refractivity contribution in [1.29, 1.82) is 0 Å². The number of hydrogen-bond donors (Lipinski definition) is 2. The fourth-order valence-electron chi connectivity index (χ4n) is 3.68. The second kappa shape index (κ2) is 7.25. The summed E-state index contributed by atoms with van der Waals surface area (Å²) in [4.78, 5) is 29.3. The van der Waals surface area contributed by atoms with Crippen molar-refractivity contribution in [3.05, 3.63) is 11.6 Å². The van der Waals surface area contributed by atoms with E-state index in [2.05, 4.69) is 15.6 Å². The number of rotatable bonds is 4. The lowest BCUT2D eigenvalue weighted by molar-refractivity contribution is -0.231. The zero-order valence-corrected chi connectivity index (χ0v) is 17.6. The Hall–Kier alpha value is -1.63. The molecule has 6 atom stereocenters. The SMILES string of the molecule is C[C@H](NC(=O)[C@@H]1O[C@@H]2OC(C)(C)O[C@@H]2[C@H]2OC(C)(C)O[C@@H]21)C(=O)Nc1nccs1. The zero-order chi connectivity index (χ0) is 21.0. The molecule has 3 aliphatic heterocycles. The van der Waals surface area contributed by atoms with E-state index in [0.29, 0.717) is 5.13 Å². The molecule has 0 aliphatic carbocycles. The normalized spacial score (nSPS) is 35.4. The summed E-state index contributed by atoms with van der Waals surface area (Å²) in [6.07, 6.45) is -1.97. The van der Waals surface area contributed by atoms with Crippen LogP contribution in [-0.2, 0) is 33.3 Å². The predicted molar refractivity (Wildman–Crippen MR) is 101 cm³/mol. The van der Waals surface area contributed by atoms with Crippen LogP contribution in [0.3, 0.4) is 0 Å². The number of thiazole rings is 1. The first-order valence-electron chi connectivity index (χ1n) is 9.42. The maximum Gasteiger partial charge on any atom is 0.252 e. The van der Waals surface area contributed by atoms with Gasteiger partial charge in [-0.1, -0.05) is 0 Å². The highest BCUT2D eigenvalue weighted by Gasteiger charge is 2.62. The van der Waals surface area contributed by atoms with Crippen LogP contribution in [0.5, 0.6) is 0 Å². The van der Waals surface area contributed by atoms with Gasteiger partial charge in [-0.25, -0.2) is 4.98 Å². The molecule has 0 saturated carbocycles. The molecule has 0 bridgehead atoms. The van der Waals surface area contributed by atoms with Gasteiger partial charge in [-0.3, -0.25) is 9.59 Å². The summed E-state index contributed by atoms with van der Waals surface area (Å²) < 4.78 is 29.5. The topological polar surface area (TPSA) is 117 Å². The van der Waals surface area contributed by atoms with Crippen molar-refractivity contribution in [2.75, 3.05) is 5.32 Å². The van der Waals surface area contributed by atoms with Crippen LogP contribution in [0.1, 0.15) is 34.6 Å². The lowest BCUT2D eigenvalue weighted by Gasteiger charge is -2.36. The highest BCUT2D eigenvalue weighted by atomic mass is 32.1. The summed E-state index contributed by atoms with van der Waals surface area (Å²) in [5.74, 6) is -2.66. The third kappa shape index (κ3) is 4.16. The molecule has 4 rings (SSSR count). The summed E-state index contributed by atoms with van der Waals surface area (Å²) in [7, 11) is 0. The molecule has 3 saturated heterocycles. The first kappa shape index (κ1) is 20.6. The number of fused-ring (bicyclic) bond motifs is 3. The number of aromatic nitrogens is 1. The van der Waals surface area contributed by atoms with Gasteiger partial charge in [-0.2, -0.15) is 0 Å². The van der Waals surface area contributed by atoms with Crippen LogP contribution in [-0.4, -0.2) is 65.1 Å². The number of ether oxygens (including phenoxy) is 5. The monoisotopic (exact) mass is 427 g/mol. The molecule has 0 radical (unpaired) electrons. The quantitative estimate of drug-likeness (QED) is 0.730. The Morgan fingerprint density at radius 1 is 1.07 bits per heavy atom. The number of carbonyl (C=O) groups excluding carboxylic acids is 2. The van der Waals surface area contributed by atoms with Crippen molar-refractivity contribution in [2.45, 2.75) is 82.9 Å². The third-order valence-corrected chi connectivity index (χ3v) is 5.52. The van der Waals surface area contributed by atoms with Gasteiger partial charge < -0.3 is 34.3 Å². The van der Waals surface area contributed by atoms with E-state index in [1.54, 1.807) is 46.2 Å². The number of nitrogens with zero attached hydrogens (tertiary/aromatic N) is 1. The molecule has 10 nitrogen and oxygen atoms in total. The summed E-state index contributed by atoms with van der Waals surface area (Å²) >= 11 is 1.29. The van der Waals surface area contributed by atoms with Crippen molar-refractivity contribution in [3.63, 3.8) is 0 Å². The third-order valence-electron chi connectivity index (χ3n) is 4.83. The number of nitrogens with one attached hydrogen (secondary N) is 2. The van der Waals surface area contributed by atoms with Crippen LogP contribution in [0.15, 0.2) is 11.6 Å². The molecule has 3 fully saturated rings. The second-order valence-electron chi connectivity index (χ2n) is 8.15. The Labute approximate surface area is 172 Å². The molecule has 2 amide bonds. The highest BCUT2D eigenvalue weighted by Crippen LogP contribution is 2.44. The van der Waals surface area contributed by atoms with E-state index in [4.69, 9.17) is 23.7 Å². The van der Waals surface area contributed by atoms with Gasteiger partial charge in [0.15, 0.2) is 29.1 Å². The molecule has 4 heterocycles. The lowest BCUT2D eigenvalue weighted by atomic mass is 9.98. The maximum atomic E-state index is 13.0. The van der Waals surface area contributed by atoms with Crippen molar-refractivity contribution < 1.29 is 33.3 Å². The van der Waals surface area contributed by atoms with Crippen molar-refractivity contribution in [2.24, 2.45) is 0 Å². The lowest BCUT2D eigenvalue weighted by Crippen LogP contribution is -2.60. The van der Waals surface area contributed by atoms with Crippen LogP contribution in [0.25, 0.3) is 0 Å². The van der Waals surface area contributed by atoms with E-state index < -0.39 is 54.2 Å². The highest BCUT2D eigenvalue weighted by molar-refractivity contribution is 7.13. The number of anilines is 1. The van der Waals surface area contributed by atoms with Crippen LogP contribution in [0.2, 0.25) is 0 Å². The molecule has 3 aliphatic rings. The second-order valence-corrected chi connectivity index (χ2v) is 9.04. The van der Waals surface area contributed by atoms with Gasteiger partial charge in [0.05, 0.1) is 0 Å². The fraction of sp³-hybridized carbons (Fsp3) is 0.722. The summed E-state index contributed by atoms with van der Waals surface area (Å²) in [5, 5.41) is 7.53. The number of amides is 2. The van der Waals surface area contributed by atoms with Crippen molar-refractivity contribution >= 4 is 28.3 Å². The molecule has 29 heavy (non-hydrogen) atoms. The predicted octanol–water partition coefficient (Wildman–Crippen LogP) is 0.983. The van der Waals surface area contributed by atoms with Gasteiger partial charge in [0, 0.05) is 11.6 Å². The Balaban J connectivity index is 1.46. The fourth-order valence-corrected chi connectivity index (χ4v) is 4.22. The van der Waals surface area contributed by atoms with E-state index in [1.807, 2.05) is 0 Å². The Morgan fingerprint density at radius 3 is 2.41 bits per heavy atom. The van der Waals surface area contributed by atoms with E-state index >= 15 is 0 Å². The van der Waals surface area contributed by atoms with Gasteiger partial charge in [-0.05, 0) is 34.6 Å².